The van der Waals surface area contributed by atoms with Gasteiger partial charge in [-0.3, -0.25) is 4.98 Å². The Hall–Kier alpha value is -4.67. The van der Waals surface area contributed by atoms with Crippen molar-refractivity contribution >= 4 is 28.3 Å². The number of hydrogen-bond acceptors (Lipinski definition) is 3. The third-order valence-electron chi connectivity index (χ3n) is 5.52. The average Bonchev–Trinajstić information content (AvgIpc) is 3.51. The summed E-state index contributed by atoms with van der Waals surface area (Å²) in [6.45, 7) is 0.519. The smallest absolute Gasteiger partial charge is 0.343 e. The van der Waals surface area contributed by atoms with Crippen molar-refractivity contribution < 1.29 is 22.4 Å². The second-order valence-electron chi connectivity index (χ2n) is 7.94. The third-order valence-corrected chi connectivity index (χ3v) is 5.52. The molecule has 5 rings (SSSR count). The van der Waals surface area contributed by atoms with Gasteiger partial charge in [0.1, 0.15) is 11.5 Å². The van der Waals surface area contributed by atoms with Gasteiger partial charge in [-0.05, 0) is 54.1 Å². The number of fused-ring (bicyclic) bond motifs is 1. The summed E-state index contributed by atoms with van der Waals surface area (Å²) in [7, 11) is 0. The van der Waals surface area contributed by atoms with E-state index in [1.807, 2.05) is 35.0 Å². The van der Waals surface area contributed by atoms with E-state index >= 15 is 0 Å². The highest BCUT2D eigenvalue weighted by molar-refractivity contribution is 6.05. The standard InChI is InChI=1S/C25H18F4N6O/c26-18-5-4-16(25(27,28)29)13-20(18)34-24(36)33-19-2-1-3-22-17(19)7-11-35(22)14-15-6-8-30-21(12-15)23-31-9-10-32-23/h1-13H,14H2,(H,31,32)(H2,33,34,36). The van der Waals surface area contributed by atoms with E-state index in [0.717, 1.165) is 11.1 Å². The fourth-order valence-electron chi connectivity index (χ4n) is 3.85. The fourth-order valence-corrected chi connectivity index (χ4v) is 3.85. The molecule has 0 fully saturated rings. The maximum atomic E-state index is 14.0. The first-order chi connectivity index (χ1) is 17.3. The van der Waals surface area contributed by atoms with Crippen LogP contribution in [0.1, 0.15) is 11.1 Å². The number of amides is 2. The lowest BCUT2D eigenvalue weighted by Gasteiger charge is -2.12. The van der Waals surface area contributed by atoms with E-state index in [-0.39, 0.29) is 0 Å². The minimum absolute atomic E-state index is 0.419. The quantitative estimate of drug-likeness (QED) is 0.252. The minimum Gasteiger partial charge on any atom is -0.343 e. The number of halogens is 4. The van der Waals surface area contributed by atoms with Crippen LogP contribution >= 0.6 is 0 Å². The van der Waals surface area contributed by atoms with E-state index in [4.69, 9.17) is 0 Å². The number of H-pyrrole nitrogens is 1. The lowest BCUT2D eigenvalue weighted by Crippen LogP contribution is -2.20. The number of carbonyl (C=O) groups is 1. The number of rotatable bonds is 5. The van der Waals surface area contributed by atoms with Crippen LogP contribution in [0, 0.1) is 5.82 Å². The summed E-state index contributed by atoms with van der Waals surface area (Å²) >= 11 is 0. The average molecular weight is 494 g/mol. The number of anilines is 2. The van der Waals surface area contributed by atoms with Gasteiger partial charge in [-0.15, -0.1) is 0 Å². The molecule has 5 aromatic rings. The van der Waals surface area contributed by atoms with E-state index in [1.165, 1.54) is 0 Å². The second kappa shape index (κ2) is 9.17. The zero-order valence-corrected chi connectivity index (χ0v) is 18.5. The molecule has 7 nitrogen and oxygen atoms in total. The Morgan fingerprint density at radius 1 is 0.972 bits per heavy atom. The number of imidazole rings is 1. The van der Waals surface area contributed by atoms with E-state index < -0.39 is 29.3 Å². The van der Waals surface area contributed by atoms with E-state index in [1.54, 1.807) is 30.7 Å². The van der Waals surface area contributed by atoms with Crippen molar-refractivity contribution in [1.82, 2.24) is 19.5 Å². The van der Waals surface area contributed by atoms with E-state index in [0.29, 0.717) is 47.3 Å². The van der Waals surface area contributed by atoms with Crippen LogP contribution in [-0.2, 0) is 12.7 Å². The van der Waals surface area contributed by atoms with Crippen LogP contribution in [0.5, 0.6) is 0 Å². The first kappa shape index (κ1) is 23.1. The van der Waals surface area contributed by atoms with Crippen LogP contribution in [-0.4, -0.2) is 25.6 Å². The molecule has 0 aliphatic carbocycles. The van der Waals surface area contributed by atoms with E-state index in [2.05, 4.69) is 25.6 Å². The summed E-state index contributed by atoms with van der Waals surface area (Å²) in [6, 6.07) is 11.8. The molecule has 2 aromatic carbocycles. The van der Waals surface area contributed by atoms with Gasteiger partial charge in [0.25, 0.3) is 0 Å². The maximum Gasteiger partial charge on any atom is 0.416 e. The molecule has 36 heavy (non-hydrogen) atoms. The molecule has 0 aliphatic heterocycles. The van der Waals surface area contributed by atoms with Gasteiger partial charge >= 0.3 is 12.2 Å². The predicted molar refractivity (Wildman–Crippen MR) is 127 cm³/mol. The molecule has 0 bridgehead atoms. The Balaban J connectivity index is 1.35. The van der Waals surface area contributed by atoms with Crippen LogP contribution in [0.4, 0.5) is 33.7 Å². The normalized spacial score (nSPS) is 11.6. The number of aromatic nitrogens is 4. The summed E-state index contributed by atoms with van der Waals surface area (Å²) in [6.07, 6.45) is 2.25. The molecule has 11 heteroatoms. The summed E-state index contributed by atoms with van der Waals surface area (Å²) in [5, 5.41) is 5.45. The summed E-state index contributed by atoms with van der Waals surface area (Å²) in [5.74, 6) is -0.322. The number of aromatic amines is 1. The van der Waals surface area contributed by atoms with Gasteiger partial charge in [0.2, 0.25) is 0 Å². The predicted octanol–water partition coefficient (Wildman–Crippen LogP) is 6.28. The Labute approximate surface area is 201 Å². The number of nitrogens with zero attached hydrogens (tertiary/aromatic N) is 3. The van der Waals surface area contributed by atoms with Crippen LogP contribution < -0.4 is 10.6 Å². The van der Waals surface area contributed by atoms with Gasteiger partial charge < -0.3 is 20.2 Å². The number of nitrogens with one attached hydrogen (secondary N) is 3. The molecule has 0 atom stereocenters. The molecular weight excluding hydrogens is 476 g/mol. The SMILES string of the molecule is O=C(Nc1cc(C(F)(F)F)ccc1F)Nc1cccc2c1ccn2Cc1ccnc(-c2ncc[nH]2)c1. The summed E-state index contributed by atoms with van der Waals surface area (Å²) in [4.78, 5) is 24.1. The van der Waals surface area contributed by atoms with Gasteiger partial charge in [0.15, 0.2) is 5.82 Å². The monoisotopic (exact) mass is 494 g/mol. The molecule has 3 aromatic heterocycles. The highest BCUT2D eigenvalue weighted by Crippen LogP contribution is 2.32. The molecular formula is C25H18F4N6O. The Morgan fingerprint density at radius 3 is 2.58 bits per heavy atom. The molecule has 0 aliphatic rings. The van der Waals surface area contributed by atoms with Crippen molar-refractivity contribution in [1.29, 1.82) is 0 Å². The van der Waals surface area contributed by atoms with Crippen molar-refractivity contribution in [2.24, 2.45) is 0 Å². The molecule has 2 amide bonds. The third kappa shape index (κ3) is 4.76. The number of urea groups is 1. The zero-order valence-electron chi connectivity index (χ0n) is 18.5. The van der Waals surface area contributed by atoms with Gasteiger partial charge in [-0.1, -0.05) is 6.07 Å². The number of hydrogen-bond donors (Lipinski definition) is 3. The van der Waals surface area contributed by atoms with Crippen LogP contribution in [0.15, 0.2) is 79.4 Å². The molecule has 0 saturated carbocycles. The van der Waals surface area contributed by atoms with Crippen molar-refractivity contribution in [2.75, 3.05) is 10.6 Å². The molecule has 3 heterocycles. The molecule has 0 saturated heterocycles. The second-order valence-corrected chi connectivity index (χ2v) is 7.94. The first-order valence-corrected chi connectivity index (χ1v) is 10.8. The minimum atomic E-state index is -4.66. The van der Waals surface area contributed by atoms with Crippen molar-refractivity contribution in [3.63, 3.8) is 0 Å². The highest BCUT2D eigenvalue weighted by atomic mass is 19.4. The lowest BCUT2D eigenvalue weighted by atomic mass is 10.2. The largest absolute Gasteiger partial charge is 0.416 e. The highest BCUT2D eigenvalue weighted by Gasteiger charge is 2.31. The van der Waals surface area contributed by atoms with Crippen LogP contribution in [0.25, 0.3) is 22.4 Å². The lowest BCUT2D eigenvalue weighted by molar-refractivity contribution is -0.137. The van der Waals surface area contributed by atoms with Gasteiger partial charge in [-0.2, -0.15) is 13.2 Å². The number of pyridine rings is 1. The molecule has 182 valence electrons. The van der Waals surface area contributed by atoms with Crippen molar-refractivity contribution in [3.8, 4) is 11.5 Å². The van der Waals surface area contributed by atoms with Crippen LogP contribution in [0.2, 0.25) is 0 Å². The number of benzene rings is 2. The maximum absolute atomic E-state index is 14.0. The summed E-state index contributed by atoms with van der Waals surface area (Å²) in [5.41, 5.74) is 1.28. The van der Waals surface area contributed by atoms with Gasteiger partial charge in [-0.25, -0.2) is 14.2 Å². The van der Waals surface area contributed by atoms with Crippen LogP contribution in [0.3, 0.4) is 0 Å². The number of carbonyl (C=O) groups excluding carboxylic acids is 1. The zero-order chi connectivity index (χ0) is 25.3. The van der Waals surface area contributed by atoms with Crippen molar-refractivity contribution in [2.45, 2.75) is 12.7 Å². The van der Waals surface area contributed by atoms with Crippen molar-refractivity contribution in [3.05, 3.63) is 96.3 Å². The van der Waals surface area contributed by atoms with E-state index in [9.17, 15) is 22.4 Å². The Bertz CT molecular complexity index is 1540. The Morgan fingerprint density at radius 2 is 1.81 bits per heavy atom. The topological polar surface area (TPSA) is 87.6 Å². The first-order valence-electron chi connectivity index (χ1n) is 10.8. The summed E-state index contributed by atoms with van der Waals surface area (Å²) < 4.78 is 54.8. The molecule has 0 unspecified atom stereocenters. The number of alkyl halides is 3. The molecule has 0 radical (unpaired) electrons. The van der Waals surface area contributed by atoms with Gasteiger partial charge in [0.05, 0.1) is 22.5 Å². The van der Waals surface area contributed by atoms with Gasteiger partial charge in [0, 0.05) is 36.7 Å². The Kier molecular flexibility index (Phi) is 5.88. The molecule has 3 N–H and O–H groups in total. The fraction of sp³-hybridized carbons (Fsp3) is 0.0800. The molecule has 0 spiro atoms.